The van der Waals surface area contributed by atoms with Gasteiger partial charge in [0.25, 0.3) is 0 Å². The van der Waals surface area contributed by atoms with E-state index in [-0.39, 0.29) is 24.0 Å². The Bertz CT molecular complexity index is 696. The molecular weight excluding hydrogens is 467 g/mol. The number of rotatable bonds is 7. The lowest BCUT2D eigenvalue weighted by atomic mass is 10.2. The van der Waals surface area contributed by atoms with Crippen molar-refractivity contribution in [3.63, 3.8) is 0 Å². The third kappa shape index (κ3) is 6.32. The van der Waals surface area contributed by atoms with Gasteiger partial charge in [-0.1, -0.05) is 6.92 Å². The average molecular weight is 498 g/mol. The predicted octanol–water partition coefficient (Wildman–Crippen LogP) is 3.63. The van der Waals surface area contributed by atoms with Gasteiger partial charge in [-0.3, -0.25) is 4.99 Å². The Balaban J connectivity index is 0.00000280. The topological polar surface area (TPSA) is 53.2 Å². The number of aliphatic imine (C=N–C) groups is 1. The summed E-state index contributed by atoms with van der Waals surface area (Å²) in [7, 11) is 1.70. The SMILES string of the molecule is CCCN=C(NCCc1ccco1)N1CCN(c2ccc(OC)cc2)CC1.I. The lowest BCUT2D eigenvalue weighted by Gasteiger charge is -2.37. The van der Waals surface area contributed by atoms with Crippen molar-refractivity contribution in [2.45, 2.75) is 19.8 Å². The van der Waals surface area contributed by atoms with Gasteiger partial charge in [0.1, 0.15) is 11.5 Å². The second-order valence-corrected chi connectivity index (χ2v) is 6.63. The van der Waals surface area contributed by atoms with Crippen LogP contribution in [0.1, 0.15) is 19.1 Å². The summed E-state index contributed by atoms with van der Waals surface area (Å²) in [4.78, 5) is 9.54. The molecule has 154 valence electrons. The van der Waals surface area contributed by atoms with Gasteiger partial charge in [-0.15, -0.1) is 24.0 Å². The number of hydrogen-bond acceptors (Lipinski definition) is 4. The number of halogens is 1. The van der Waals surface area contributed by atoms with E-state index in [1.54, 1.807) is 13.4 Å². The number of benzene rings is 1. The van der Waals surface area contributed by atoms with E-state index in [4.69, 9.17) is 14.1 Å². The van der Waals surface area contributed by atoms with Crippen LogP contribution in [-0.4, -0.2) is 57.2 Å². The van der Waals surface area contributed by atoms with Crippen molar-refractivity contribution < 1.29 is 9.15 Å². The van der Waals surface area contributed by atoms with Gasteiger partial charge in [-0.2, -0.15) is 0 Å². The number of ether oxygens (including phenoxy) is 1. The van der Waals surface area contributed by atoms with E-state index in [2.05, 4.69) is 34.2 Å². The van der Waals surface area contributed by atoms with Gasteiger partial charge in [0.05, 0.1) is 13.4 Å². The normalized spacial score (nSPS) is 14.6. The second-order valence-electron chi connectivity index (χ2n) is 6.63. The van der Waals surface area contributed by atoms with Crippen molar-refractivity contribution in [2.75, 3.05) is 51.3 Å². The smallest absolute Gasteiger partial charge is 0.194 e. The number of nitrogens with zero attached hydrogens (tertiary/aromatic N) is 3. The molecule has 0 spiro atoms. The van der Waals surface area contributed by atoms with Crippen LogP contribution in [0.25, 0.3) is 0 Å². The molecule has 2 aromatic rings. The van der Waals surface area contributed by atoms with Crippen LogP contribution >= 0.6 is 24.0 Å². The molecule has 7 heteroatoms. The van der Waals surface area contributed by atoms with E-state index < -0.39 is 0 Å². The summed E-state index contributed by atoms with van der Waals surface area (Å²) in [5.41, 5.74) is 1.24. The van der Waals surface area contributed by atoms with Crippen molar-refractivity contribution in [1.29, 1.82) is 0 Å². The van der Waals surface area contributed by atoms with E-state index in [1.165, 1.54) is 5.69 Å². The first-order chi connectivity index (χ1) is 13.3. The fraction of sp³-hybridized carbons (Fsp3) is 0.476. The average Bonchev–Trinajstić information content (AvgIpc) is 3.24. The van der Waals surface area contributed by atoms with Crippen LogP contribution in [0.3, 0.4) is 0 Å². The first-order valence-corrected chi connectivity index (χ1v) is 9.75. The summed E-state index contributed by atoms with van der Waals surface area (Å²) in [5.74, 6) is 2.91. The number of piperazine rings is 1. The number of nitrogens with one attached hydrogen (secondary N) is 1. The van der Waals surface area contributed by atoms with Crippen LogP contribution in [0.2, 0.25) is 0 Å². The molecule has 28 heavy (non-hydrogen) atoms. The number of furan rings is 1. The van der Waals surface area contributed by atoms with Gasteiger partial charge in [-0.25, -0.2) is 0 Å². The molecule has 1 aliphatic heterocycles. The largest absolute Gasteiger partial charge is 0.497 e. The quantitative estimate of drug-likeness (QED) is 0.359. The molecular formula is C21H31IN4O2. The Morgan fingerprint density at radius 2 is 1.89 bits per heavy atom. The fourth-order valence-electron chi connectivity index (χ4n) is 3.21. The molecule has 1 fully saturated rings. The van der Waals surface area contributed by atoms with E-state index in [1.807, 2.05) is 24.3 Å². The van der Waals surface area contributed by atoms with Crippen molar-refractivity contribution in [2.24, 2.45) is 4.99 Å². The summed E-state index contributed by atoms with van der Waals surface area (Å²) in [6, 6.07) is 12.2. The second kappa shape index (κ2) is 11.8. The molecule has 1 saturated heterocycles. The molecule has 0 amide bonds. The highest BCUT2D eigenvalue weighted by Gasteiger charge is 2.20. The monoisotopic (exact) mass is 498 g/mol. The molecule has 3 rings (SSSR count). The third-order valence-corrected chi connectivity index (χ3v) is 4.74. The Kier molecular flexibility index (Phi) is 9.46. The molecule has 0 atom stereocenters. The third-order valence-electron chi connectivity index (χ3n) is 4.74. The van der Waals surface area contributed by atoms with Gasteiger partial charge in [0, 0.05) is 51.4 Å². The minimum atomic E-state index is 0. The van der Waals surface area contributed by atoms with Crippen molar-refractivity contribution in [3.05, 3.63) is 48.4 Å². The zero-order valence-corrected chi connectivity index (χ0v) is 19.1. The zero-order valence-electron chi connectivity index (χ0n) is 16.8. The number of guanidine groups is 1. The van der Waals surface area contributed by atoms with Crippen molar-refractivity contribution in [3.8, 4) is 5.75 Å². The van der Waals surface area contributed by atoms with Crippen molar-refractivity contribution >= 4 is 35.6 Å². The van der Waals surface area contributed by atoms with Crippen LogP contribution in [0, 0.1) is 0 Å². The fourth-order valence-corrected chi connectivity index (χ4v) is 3.21. The van der Waals surface area contributed by atoms with Crippen molar-refractivity contribution in [1.82, 2.24) is 10.2 Å². The van der Waals surface area contributed by atoms with E-state index >= 15 is 0 Å². The number of hydrogen-bond donors (Lipinski definition) is 1. The Labute approximate surface area is 185 Å². The van der Waals surface area contributed by atoms with Gasteiger partial charge < -0.3 is 24.3 Å². The summed E-state index contributed by atoms with van der Waals surface area (Å²) in [6.45, 7) is 7.72. The number of methoxy groups -OCH3 is 1. The standard InChI is InChI=1S/C21H30N4O2.HI/c1-3-11-22-21(23-12-10-20-5-4-17-27-20)25-15-13-24(14-16-25)18-6-8-19(26-2)9-7-18;/h4-9,17H,3,10-16H2,1-2H3,(H,22,23);1H. The Morgan fingerprint density at radius 3 is 2.50 bits per heavy atom. The minimum absolute atomic E-state index is 0. The summed E-state index contributed by atoms with van der Waals surface area (Å²) < 4.78 is 10.7. The highest BCUT2D eigenvalue weighted by atomic mass is 127. The van der Waals surface area contributed by atoms with E-state index in [9.17, 15) is 0 Å². The van der Waals surface area contributed by atoms with Gasteiger partial charge >= 0.3 is 0 Å². The molecule has 2 heterocycles. The first kappa shape index (κ1) is 22.4. The van der Waals surface area contributed by atoms with Crippen LogP contribution in [0.15, 0.2) is 52.1 Å². The molecule has 0 bridgehead atoms. The summed E-state index contributed by atoms with van der Waals surface area (Å²) >= 11 is 0. The molecule has 0 radical (unpaired) electrons. The first-order valence-electron chi connectivity index (χ1n) is 9.75. The summed E-state index contributed by atoms with van der Waals surface area (Å²) in [5, 5.41) is 3.51. The van der Waals surface area contributed by atoms with E-state index in [0.717, 1.165) is 69.6 Å². The molecule has 1 aromatic carbocycles. The number of anilines is 1. The zero-order chi connectivity index (χ0) is 18.9. The molecule has 1 aliphatic rings. The van der Waals surface area contributed by atoms with Crippen LogP contribution in [0.4, 0.5) is 5.69 Å². The lowest BCUT2D eigenvalue weighted by molar-refractivity contribution is 0.371. The molecule has 6 nitrogen and oxygen atoms in total. The van der Waals surface area contributed by atoms with Crippen LogP contribution in [-0.2, 0) is 6.42 Å². The predicted molar refractivity (Wildman–Crippen MR) is 125 cm³/mol. The Hall–Kier alpha value is -1.90. The van der Waals surface area contributed by atoms with E-state index in [0.29, 0.717) is 0 Å². The molecule has 1 aromatic heterocycles. The maximum absolute atomic E-state index is 5.41. The highest BCUT2D eigenvalue weighted by molar-refractivity contribution is 14.0. The molecule has 1 N–H and O–H groups in total. The molecule has 0 unspecified atom stereocenters. The summed E-state index contributed by atoms with van der Waals surface area (Å²) in [6.07, 6.45) is 3.64. The van der Waals surface area contributed by atoms with Crippen LogP contribution in [0.5, 0.6) is 5.75 Å². The molecule has 0 aliphatic carbocycles. The van der Waals surface area contributed by atoms with Crippen LogP contribution < -0.4 is 15.0 Å². The van der Waals surface area contributed by atoms with Gasteiger partial charge in [-0.05, 0) is 42.8 Å². The maximum Gasteiger partial charge on any atom is 0.194 e. The van der Waals surface area contributed by atoms with Gasteiger partial charge in [0.2, 0.25) is 0 Å². The highest BCUT2D eigenvalue weighted by Crippen LogP contribution is 2.20. The minimum Gasteiger partial charge on any atom is -0.497 e. The Morgan fingerprint density at radius 1 is 1.14 bits per heavy atom. The maximum atomic E-state index is 5.41. The lowest BCUT2D eigenvalue weighted by Crippen LogP contribution is -2.53. The molecule has 0 saturated carbocycles. The van der Waals surface area contributed by atoms with Gasteiger partial charge in [0.15, 0.2) is 5.96 Å².